The molecule has 5 nitrogen and oxygen atoms in total. The Morgan fingerprint density at radius 3 is 1.61 bits per heavy atom. The first-order chi connectivity index (χ1) is 15.9. The summed E-state index contributed by atoms with van der Waals surface area (Å²) in [6.45, 7) is 0. The molecule has 0 radical (unpaired) electrons. The van der Waals surface area contributed by atoms with Crippen LogP contribution >= 0.6 is 0 Å². The van der Waals surface area contributed by atoms with Gasteiger partial charge in [-0.05, 0) is 96.5 Å². The largest absolute Gasteiger partial charge is 0.508 e. The maximum Gasteiger partial charge on any atom is 0.169 e. The van der Waals surface area contributed by atoms with Gasteiger partial charge in [0.25, 0.3) is 0 Å². The van der Waals surface area contributed by atoms with E-state index in [4.69, 9.17) is 4.74 Å². The highest BCUT2D eigenvalue weighted by Gasteiger charge is 2.07. The van der Waals surface area contributed by atoms with Crippen LogP contribution in [-0.4, -0.2) is 20.4 Å². The third-order valence-electron chi connectivity index (χ3n) is 5.48. The van der Waals surface area contributed by atoms with E-state index in [0.717, 1.165) is 41.5 Å². The average Bonchev–Trinajstić information content (AvgIpc) is 2.79. The van der Waals surface area contributed by atoms with Crippen molar-refractivity contribution in [1.82, 2.24) is 0 Å². The summed E-state index contributed by atoms with van der Waals surface area (Å²) >= 11 is 0. The van der Waals surface area contributed by atoms with E-state index in [0.29, 0.717) is 17.9 Å². The van der Waals surface area contributed by atoms with Crippen molar-refractivity contribution in [3.05, 3.63) is 107 Å². The van der Waals surface area contributed by atoms with E-state index < -0.39 is 0 Å². The number of aryl methyl sites for hydroxylation is 4. The van der Waals surface area contributed by atoms with Crippen LogP contribution in [0.15, 0.2) is 84.9 Å². The lowest BCUT2D eigenvalue weighted by Gasteiger charge is -2.11. The summed E-state index contributed by atoms with van der Waals surface area (Å²) in [6.07, 6.45) is 3.04. The van der Waals surface area contributed by atoms with Crippen molar-refractivity contribution in [2.75, 3.05) is 0 Å². The molecule has 0 saturated heterocycles. The van der Waals surface area contributed by atoms with E-state index in [1.54, 1.807) is 30.3 Å². The molecule has 168 valence electrons. The summed E-state index contributed by atoms with van der Waals surface area (Å²) in [7, 11) is 0. The first-order valence-corrected chi connectivity index (χ1v) is 10.8. The Kier molecular flexibility index (Phi) is 6.69. The average molecular weight is 443 g/mol. The van der Waals surface area contributed by atoms with E-state index >= 15 is 0 Å². The van der Waals surface area contributed by atoms with Crippen molar-refractivity contribution in [1.29, 1.82) is 0 Å². The molecule has 0 aliphatic heterocycles. The smallest absolute Gasteiger partial charge is 0.169 e. The molecule has 0 bridgehead atoms. The van der Waals surface area contributed by atoms with Crippen LogP contribution in [0.25, 0.3) is 0 Å². The minimum Gasteiger partial charge on any atom is -0.508 e. The van der Waals surface area contributed by atoms with Gasteiger partial charge in [0.15, 0.2) is 11.5 Å². The summed E-state index contributed by atoms with van der Waals surface area (Å²) in [5.74, 6) is 1.47. The number of rotatable bonds is 8. The molecule has 4 N–H and O–H groups in total. The quantitative estimate of drug-likeness (QED) is 0.274. The summed E-state index contributed by atoms with van der Waals surface area (Å²) in [5, 5.41) is 38.8. The maximum atomic E-state index is 10.2. The van der Waals surface area contributed by atoms with Crippen LogP contribution in [0.1, 0.15) is 22.3 Å². The van der Waals surface area contributed by atoms with Crippen molar-refractivity contribution in [3.8, 4) is 34.5 Å². The molecular formula is C28H26O5. The molecule has 4 rings (SSSR count). The van der Waals surface area contributed by atoms with Gasteiger partial charge in [-0.1, -0.05) is 30.3 Å². The topological polar surface area (TPSA) is 90.2 Å². The lowest BCUT2D eigenvalue weighted by molar-refractivity contribution is 0.410. The normalized spacial score (nSPS) is 10.8. The minimum absolute atomic E-state index is 0.0545. The summed E-state index contributed by atoms with van der Waals surface area (Å²) in [5.41, 5.74) is 4.13. The molecule has 0 amide bonds. The predicted octanol–water partition coefficient (Wildman–Crippen LogP) is 5.87. The van der Waals surface area contributed by atoms with Gasteiger partial charge < -0.3 is 25.2 Å². The number of hydrogen-bond acceptors (Lipinski definition) is 5. The first kappa shape index (κ1) is 22.1. The fourth-order valence-electron chi connectivity index (χ4n) is 3.69. The number of ether oxygens (including phenoxy) is 1. The molecule has 0 fully saturated rings. The molecule has 0 aliphatic carbocycles. The number of phenols is 4. The Morgan fingerprint density at radius 2 is 0.970 bits per heavy atom. The zero-order valence-electron chi connectivity index (χ0n) is 18.1. The minimum atomic E-state index is 0.0545. The molecule has 0 aromatic heterocycles. The molecule has 4 aromatic carbocycles. The van der Waals surface area contributed by atoms with E-state index in [-0.39, 0.29) is 23.0 Å². The molecule has 0 saturated carbocycles. The molecular weight excluding hydrogens is 416 g/mol. The standard InChI is InChI=1S/C28H26O5/c29-23-10-5-19(6-11-23)1-3-21-9-14-27(32)28(17-21)33-26-12-7-20(8-13-26)2-4-22-15-24(30)18-25(31)16-22/h5-18,29-32H,1-4H2. The number of aromatic hydroxyl groups is 4. The van der Waals surface area contributed by atoms with Crippen molar-refractivity contribution in [2.45, 2.75) is 25.7 Å². The molecule has 5 heteroatoms. The lowest BCUT2D eigenvalue weighted by atomic mass is 10.0. The Labute approximate surface area is 192 Å². The van der Waals surface area contributed by atoms with E-state index in [1.807, 2.05) is 48.5 Å². The second-order valence-electron chi connectivity index (χ2n) is 8.07. The maximum absolute atomic E-state index is 10.2. The summed E-state index contributed by atoms with van der Waals surface area (Å²) in [6, 6.07) is 24.8. The highest BCUT2D eigenvalue weighted by Crippen LogP contribution is 2.32. The number of benzene rings is 4. The Hall–Kier alpha value is -4.12. The third kappa shape index (κ3) is 6.20. The SMILES string of the molecule is Oc1ccc(CCc2ccc(O)c(Oc3ccc(CCc4cc(O)cc(O)c4)cc3)c2)cc1. The number of phenolic OH excluding ortho intramolecular Hbond substituents is 4. The Bertz CT molecular complexity index is 1190. The fraction of sp³-hybridized carbons (Fsp3) is 0.143. The highest BCUT2D eigenvalue weighted by atomic mass is 16.5. The van der Waals surface area contributed by atoms with Crippen LogP contribution in [0, 0.1) is 0 Å². The van der Waals surface area contributed by atoms with Crippen LogP contribution in [0.2, 0.25) is 0 Å². The van der Waals surface area contributed by atoms with Crippen LogP contribution < -0.4 is 4.74 Å². The van der Waals surface area contributed by atoms with Gasteiger partial charge in [-0.15, -0.1) is 0 Å². The van der Waals surface area contributed by atoms with Gasteiger partial charge in [-0.2, -0.15) is 0 Å². The van der Waals surface area contributed by atoms with Gasteiger partial charge in [0, 0.05) is 6.07 Å². The molecule has 4 aromatic rings. The van der Waals surface area contributed by atoms with Gasteiger partial charge in [-0.25, -0.2) is 0 Å². The lowest BCUT2D eigenvalue weighted by Crippen LogP contribution is -1.94. The van der Waals surface area contributed by atoms with Gasteiger partial charge >= 0.3 is 0 Å². The molecule has 0 unspecified atom stereocenters. The second-order valence-corrected chi connectivity index (χ2v) is 8.07. The predicted molar refractivity (Wildman–Crippen MR) is 127 cm³/mol. The van der Waals surface area contributed by atoms with Crippen LogP contribution in [0.4, 0.5) is 0 Å². The van der Waals surface area contributed by atoms with Gasteiger partial charge in [-0.3, -0.25) is 0 Å². The second kappa shape index (κ2) is 10.0. The Morgan fingerprint density at radius 1 is 0.455 bits per heavy atom. The van der Waals surface area contributed by atoms with Crippen molar-refractivity contribution in [3.63, 3.8) is 0 Å². The summed E-state index contributed by atoms with van der Waals surface area (Å²) < 4.78 is 5.92. The van der Waals surface area contributed by atoms with E-state index in [1.165, 1.54) is 6.07 Å². The van der Waals surface area contributed by atoms with Crippen molar-refractivity contribution >= 4 is 0 Å². The summed E-state index contributed by atoms with van der Waals surface area (Å²) in [4.78, 5) is 0. The molecule has 0 atom stereocenters. The van der Waals surface area contributed by atoms with E-state index in [9.17, 15) is 20.4 Å². The molecule has 0 heterocycles. The van der Waals surface area contributed by atoms with Gasteiger partial charge in [0.1, 0.15) is 23.0 Å². The van der Waals surface area contributed by atoms with Crippen LogP contribution in [0.5, 0.6) is 34.5 Å². The van der Waals surface area contributed by atoms with Gasteiger partial charge in [0.2, 0.25) is 0 Å². The zero-order chi connectivity index (χ0) is 23.2. The van der Waals surface area contributed by atoms with Crippen LogP contribution in [0.3, 0.4) is 0 Å². The van der Waals surface area contributed by atoms with Crippen LogP contribution in [-0.2, 0) is 25.7 Å². The van der Waals surface area contributed by atoms with Crippen molar-refractivity contribution < 1.29 is 25.2 Å². The third-order valence-corrected chi connectivity index (χ3v) is 5.48. The number of hydrogen-bond donors (Lipinski definition) is 4. The molecule has 0 aliphatic rings. The van der Waals surface area contributed by atoms with Crippen molar-refractivity contribution in [2.24, 2.45) is 0 Å². The zero-order valence-corrected chi connectivity index (χ0v) is 18.1. The van der Waals surface area contributed by atoms with E-state index in [2.05, 4.69) is 0 Å². The highest BCUT2D eigenvalue weighted by molar-refractivity contribution is 5.45. The Balaban J connectivity index is 1.36. The monoisotopic (exact) mass is 442 g/mol. The first-order valence-electron chi connectivity index (χ1n) is 10.8. The molecule has 33 heavy (non-hydrogen) atoms. The van der Waals surface area contributed by atoms with Gasteiger partial charge in [0.05, 0.1) is 0 Å². The fourth-order valence-corrected chi connectivity index (χ4v) is 3.69. The molecule has 0 spiro atoms.